The smallest absolute Gasteiger partial charge is 0.291 e. The molecule has 0 atom stereocenters. The van der Waals surface area contributed by atoms with Gasteiger partial charge >= 0.3 is 0 Å². The molecular formula is C16H19ClN2O2. The van der Waals surface area contributed by atoms with Crippen LogP contribution in [0.2, 0.25) is 5.22 Å². The summed E-state index contributed by atoms with van der Waals surface area (Å²) in [5, 5.41) is 2.98. The van der Waals surface area contributed by atoms with Gasteiger partial charge in [-0.05, 0) is 68.8 Å². The summed E-state index contributed by atoms with van der Waals surface area (Å²) in [5.41, 5.74) is 1.85. The van der Waals surface area contributed by atoms with Crippen molar-refractivity contribution in [3.63, 3.8) is 0 Å². The second-order valence-electron chi connectivity index (χ2n) is 4.98. The van der Waals surface area contributed by atoms with E-state index in [1.54, 1.807) is 12.1 Å². The van der Waals surface area contributed by atoms with Crippen LogP contribution in [-0.4, -0.2) is 18.5 Å². The molecule has 0 aliphatic carbocycles. The number of carbonyl (C=O) groups excluding carboxylic acids is 1. The van der Waals surface area contributed by atoms with E-state index in [0.29, 0.717) is 6.04 Å². The molecular weight excluding hydrogens is 288 g/mol. The number of rotatable bonds is 5. The van der Waals surface area contributed by atoms with Gasteiger partial charge in [0.05, 0.1) is 0 Å². The summed E-state index contributed by atoms with van der Waals surface area (Å²) in [7, 11) is 0. The van der Waals surface area contributed by atoms with Gasteiger partial charge in [0.1, 0.15) is 0 Å². The van der Waals surface area contributed by atoms with Gasteiger partial charge in [0.2, 0.25) is 0 Å². The monoisotopic (exact) mass is 306 g/mol. The Morgan fingerprint density at radius 2 is 1.90 bits per heavy atom. The number of nitrogens with zero attached hydrogens (tertiary/aromatic N) is 1. The third kappa shape index (κ3) is 3.79. The fraction of sp³-hybridized carbons (Fsp3) is 0.312. The first-order chi connectivity index (χ1) is 10.0. The molecule has 4 nitrogen and oxygen atoms in total. The molecule has 1 aromatic carbocycles. The third-order valence-corrected chi connectivity index (χ3v) is 3.42. The second kappa shape index (κ2) is 6.68. The van der Waals surface area contributed by atoms with Crippen molar-refractivity contribution in [3.05, 3.63) is 47.4 Å². The maximum absolute atomic E-state index is 11.9. The van der Waals surface area contributed by atoms with Gasteiger partial charge in [-0.1, -0.05) is 0 Å². The lowest BCUT2D eigenvalue weighted by atomic mass is 10.2. The summed E-state index contributed by atoms with van der Waals surface area (Å²) >= 11 is 5.66. The summed E-state index contributed by atoms with van der Waals surface area (Å²) in [6, 6.07) is 11.3. The number of anilines is 2. The van der Waals surface area contributed by atoms with E-state index in [9.17, 15) is 4.79 Å². The molecule has 1 N–H and O–H groups in total. The van der Waals surface area contributed by atoms with Crippen LogP contribution in [0.15, 0.2) is 40.8 Å². The van der Waals surface area contributed by atoms with Crippen LogP contribution in [-0.2, 0) is 0 Å². The summed E-state index contributed by atoms with van der Waals surface area (Å²) in [5.74, 6) is -0.118. The van der Waals surface area contributed by atoms with Crippen molar-refractivity contribution in [1.82, 2.24) is 0 Å². The number of benzene rings is 1. The second-order valence-corrected chi connectivity index (χ2v) is 5.36. The van der Waals surface area contributed by atoms with Gasteiger partial charge < -0.3 is 14.6 Å². The van der Waals surface area contributed by atoms with E-state index in [1.165, 1.54) is 0 Å². The number of amides is 1. The average molecular weight is 307 g/mol. The molecule has 0 fully saturated rings. The molecule has 2 rings (SSSR count). The number of furan rings is 1. The Hall–Kier alpha value is -1.94. The lowest BCUT2D eigenvalue weighted by Crippen LogP contribution is -2.30. The molecule has 1 aromatic heterocycles. The van der Waals surface area contributed by atoms with E-state index >= 15 is 0 Å². The number of halogens is 1. The predicted molar refractivity (Wildman–Crippen MR) is 86.3 cm³/mol. The van der Waals surface area contributed by atoms with Gasteiger partial charge in [-0.25, -0.2) is 0 Å². The average Bonchev–Trinajstić information content (AvgIpc) is 2.88. The molecule has 5 heteroatoms. The number of carbonyl (C=O) groups is 1. The topological polar surface area (TPSA) is 45.5 Å². The van der Waals surface area contributed by atoms with Crippen molar-refractivity contribution < 1.29 is 9.21 Å². The molecule has 21 heavy (non-hydrogen) atoms. The normalized spacial score (nSPS) is 10.7. The molecule has 1 amide bonds. The highest BCUT2D eigenvalue weighted by Gasteiger charge is 2.12. The number of nitrogens with one attached hydrogen (secondary N) is 1. The van der Waals surface area contributed by atoms with Gasteiger partial charge in [0.25, 0.3) is 5.91 Å². The molecule has 1 heterocycles. The molecule has 0 aliphatic rings. The van der Waals surface area contributed by atoms with Crippen LogP contribution in [0.25, 0.3) is 0 Å². The Balaban J connectivity index is 2.07. The van der Waals surface area contributed by atoms with Crippen LogP contribution >= 0.6 is 11.6 Å². The zero-order chi connectivity index (χ0) is 15.4. The van der Waals surface area contributed by atoms with Crippen LogP contribution in [0.5, 0.6) is 0 Å². The number of hydrogen-bond acceptors (Lipinski definition) is 3. The summed E-state index contributed by atoms with van der Waals surface area (Å²) in [6.07, 6.45) is 0. The zero-order valence-corrected chi connectivity index (χ0v) is 13.1. The van der Waals surface area contributed by atoms with Crippen molar-refractivity contribution in [3.8, 4) is 0 Å². The van der Waals surface area contributed by atoms with Gasteiger partial charge in [0.15, 0.2) is 11.0 Å². The molecule has 0 aliphatic heterocycles. The lowest BCUT2D eigenvalue weighted by molar-refractivity contribution is 0.0997. The molecule has 0 bridgehead atoms. The van der Waals surface area contributed by atoms with E-state index in [1.807, 2.05) is 24.3 Å². The largest absolute Gasteiger partial charge is 0.440 e. The predicted octanol–water partition coefficient (Wildman–Crippen LogP) is 4.42. The van der Waals surface area contributed by atoms with Gasteiger partial charge in [0, 0.05) is 24.0 Å². The first kappa shape index (κ1) is 15.4. The first-order valence-corrected chi connectivity index (χ1v) is 7.32. The zero-order valence-electron chi connectivity index (χ0n) is 12.4. The molecule has 112 valence electrons. The van der Waals surface area contributed by atoms with Crippen molar-refractivity contribution in [2.45, 2.75) is 26.8 Å². The van der Waals surface area contributed by atoms with E-state index in [4.69, 9.17) is 16.0 Å². The maximum Gasteiger partial charge on any atom is 0.291 e. The number of hydrogen-bond donors (Lipinski definition) is 1. The van der Waals surface area contributed by atoms with Crippen molar-refractivity contribution in [2.75, 3.05) is 16.8 Å². The van der Waals surface area contributed by atoms with E-state index in [-0.39, 0.29) is 16.9 Å². The Morgan fingerprint density at radius 1 is 1.24 bits per heavy atom. The van der Waals surface area contributed by atoms with Crippen LogP contribution in [0.3, 0.4) is 0 Å². The molecule has 0 radical (unpaired) electrons. The Morgan fingerprint density at radius 3 is 2.38 bits per heavy atom. The van der Waals surface area contributed by atoms with Crippen LogP contribution < -0.4 is 10.2 Å². The fourth-order valence-corrected chi connectivity index (χ4v) is 2.36. The van der Waals surface area contributed by atoms with Crippen LogP contribution in [0.4, 0.5) is 11.4 Å². The fourth-order valence-electron chi connectivity index (χ4n) is 2.21. The van der Waals surface area contributed by atoms with E-state index in [0.717, 1.165) is 17.9 Å². The van der Waals surface area contributed by atoms with E-state index in [2.05, 4.69) is 31.0 Å². The summed E-state index contributed by atoms with van der Waals surface area (Å²) in [6.45, 7) is 7.37. The van der Waals surface area contributed by atoms with Crippen molar-refractivity contribution in [2.24, 2.45) is 0 Å². The molecule has 0 saturated carbocycles. The van der Waals surface area contributed by atoms with Gasteiger partial charge in [-0.2, -0.15) is 0 Å². The maximum atomic E-state index is 11.9. The molecule has 0 saturated heterocycles. The molecule has 0 spiro atoms. The standard InChI is InChI=1S/C16H19ClN2O2/c1-4-19(11(2)3)13-7-5-12(6-8-13)18-16(20)14-9-10-15(17)21-14/h5-11H,4H2,1-3H3,(H,18,20). The Bertz CT molecular complexity index is 605. The minimum atomic E-state index is -0.314. The SMILES string of the molecule is CCN(c1ccc(NC(=O)c2ccc(Cl)o2)cc1)C(C)C. The van der Waals surface area contributed by atoms with Crippen LogP contribution in [0.1, 0.15) is 31.3 Å². The molecule has 0 unspecified atom stereocenters. The van der Waals surface area contributed by atoms with Crippen molar-refractivity contribution >= 4 is 28.9 Å². The minimum absolute atomic E-state index is 0.196. The van der Waals surface area contributed by atoms with E-state index < -0.39 is 0 Å². The quantitative estimate of drug-likeness (QED) is 0.889. The Labute approximate surface area is 129 Å². The highest BCUT2D eigenvalue weighted by molar-refractivity contribution is 6.29. The highest BCUT2D eigenvalue weighted by Crippen LogP contribution is 2.21. The summed E-state index contributed by atoms with van der Waals surface area (Å²) < 4.78 is 5.07. The van der Waals surface area contributed by atoms with Gasteiger partial charge in [-0.3, -0.25) is 4.79 Å². The molecule has 2 aromatic rings. The minimum Gasteiger partial charge on any atom is -0.440 e. The van der Waals surface area contributed by atoms with Crippen LogP contribution in [0, 0.1) is 0 Å². The summed E-state index contributed by atoms with van der Waals surface area (Å²) in [4.78, 5) is 14.2. The van der Waals surface area contributed by atoms with Gasteiger partial charge in [-0.15, -0.1) is 0 Å². The first-order valence-electron chi connectivity index (χ1n) is 6.94. The third-order valence-electron chi connectivity index (χ3n) is 3.22. The Kier molecular flexibility index (Phi) is 4.91. The lowest BCUT2D eigenvalue weighted by Gasteiger charge is -2.27. The highest BCUT2D eigenvalue weighted by atomic mass is 35.5. The van der Waals surface area contributed by atoms with Crippen molar-refractivity contribution in [1.29, 1.82) is 0 Å².